The third-order valence-corrected chi connectivity index (χ3v) is 3.38. The van der Waals surface area contributed by atoms with Crippen LogP contribution in [0.25, 0.3) is 10.8 Å². The number of rotatable bonds is 2. The Morgan fingerprint density at radius 3 is 3.06 bits per heavy atom. The molecule has 2 aromatic rings. The number of aromatic nitrogens is 1. The van der Waals surface area contributed by atoms with Crippen molar-refractivity contribution in [1.29, 1.82) is 0 Å². The molecule has 1 saturated heterocycles. The molecule has 1 fully saturated rings. The van der Waals surface area contributed by atoms with Gasteiger partial charge in [-0.2, -0.15) is 0 Å². The van der Waals surface area contributed by atoms with Crippen molar-refractivity contribution in [2.45, 2.75) is 25.3 Å². The molecule has 1 aliphatic rings. The predicted octanol–water partition coefficient (Wildman–Crippen LogP) is 2.53. The van der Waals surface area contributed by atoms with E-state index in [1.54, 1.807) is 0 Å². The summed E-state index contributed by atoms with van der Waals surface area (Å²) in [4.78, 5) is 4.33. The van der Waals surface area contributed by atoms with Gasteiger partial charge in [-0.05, 0) is 36.8 Å². The summed E-state index contributed by atoms with van der Waals surface area (Å²) in [6, 6.07) is 9.15. The van der Waals surface area contributed by atoms with Crippen molar-refractivity contribution in [1.82, 2.24) is 10.3 Å². The van der Waals surface area contributed by atoms with Gasteiger partial charge in [0, 0.05) is 23.8 Å². The molecule has 0 radical (unpaired) electrons. The molecule has 1 unspecified atom stereocenters. The second-order valence-corrected chi connectivity index (χ2v) is 4.52. The van der Waals surface area contributed by atoms with E-state index in [0.717, 1.165) is 6.42 Å². The molecule has 1 atom stereocenters. The Bertz CT molecular complexity index is 482. The third kappa shape index (κ3) is 1.81. The van der Waals surface area contributed by atoms with Crippen LogP contribution in [0.1, 0.15) is 18.4 Å². The normalized spacial score (nSPS) is 20.4. The van der Waals surface area contributed by atoms with Crippen LogP contribution in [0.2, 0.25) is 0 Å². The number of nitrogens with one attached hydrogen (secondary N) is 1. The summed E-state index contributed by atoms with van der Waals surface area (Å²) in [5.41, 5.74) is 1.37. The van der Waals surface area contributed by atoms with Crippen molar-refractivity contribution in [3.05, 3.63) is 42.2 Å². The van der Waals surface area contributed by atoms with E-state index in [-0.39, 0.29) is 0 Å². The van der Waals surface area contributed by atoms with Crippen LogP contribution in [0.15, 0.2) is 36.7 Å². The lowest BCUT2D eigenvalue weighted by molar-refractivity contribution is 0.604. The van der Waals surface area contributed by atoms with Crippen LogP contribution in [0, 0.1) is 0 Å². The van der Waals surface area contributed by atoms with Crippen LogP contribution in [0.4, 0.5) is 0 Å². The fourth-order valence-corrected chi connectivity index (χ4v) is 2.54. The highest BCUT2D eigenvalue weighted by Crippen LogP contribution is 2.20. The number of benzene rings is 1. The summed E-state index contributed by atoms with van der Waals surface area (Å²) in [6.45, 7) is 1.17. The number of hydrogen-bond donors (Lipinski definition) is 1. The van der Waals surface area contributed by atoms with Gasteiger partial charge in [0.25, 0.3) is 0 Å². The Morgan fingerprint density at radius 2 is 2.19 bits per heavy atom. The number of nitrogens with zero attached hydrogens (tertiary/aromatic N) is 1. The maximum atomic E-state index is 4.33. The number of pyridine rings is 1. The van der Waals surface area contributed by atoms with Crippen molar-refractivity contribution in [3.8, 4) is 0 Å². The van der Waals surface area contributed by atoms with E-state index >= 15 is 0 Å². The van der Waals surface area contributed by atoms with Gasteiger partial charge in [-0.25, -0.2) is 0 Å². The number of fused-ring (bicyclic) bond motifs is 1. The van der Waals surface area contributed by atoms with E-state index in [9.17, 15) is 0 Å². The van der Waals surface area contributed by atoms with Gasteiger partial charge >= 0.3 is 0 Å². The second-order valence-electron chi connectivity index (χ2n) is 4.52. The minimum Gasteiger partial charge on any atom is -0.314 e. The lowest BCUT2D eigenvalue weighted by Gasteiger charge is -2.11. The first-order chi connectivity index (χ1) is 7.93. The van der Waals surface area contributed by atoms with E-state index in [0.29, 0.717) is 6.04 Å². The maximum Gasteiger partial charge on any atom is 0.0346 e. The SMILES string of the molecule is c1ccc2c(CC3CCCN3)cncc2c1. The molecule has 16 heavy (non-hydrogen) atoms. The van der Waals surface area contributed by atoms with Crippen molar-refractivity contribution >= 4 is 10.8 Å². The highest BCUT2D eigenvalue weighted by Gasteiger charge is 2.15. The first-order valence-electron chi connectivity index (χ1n) is 5.98. The highest BCUT2D eigenvalue weighted by atomic mass is 14.9. The minimum absolute atomic E-state index is 0.646. The van der Waals surface area contributed by atoms with E-state index in [1.165, 1.54) is 35.7 Å². The van der Waals surface area contributed by atoms with E-state index in [2.05, 4.69) is 34.6 Å². The predicted molar refractivity (Wildman–Crippen MR) is 66.5 cm³/mol. The standard InChI is InChI=1S/C14H16N2/c1-2-6-14-11(4-1)9-15-10-12(14)8-13-5-3-7-16-13/h1-2,4,6,9-10,13,16H,3,5,7-8H2. The average molecular weight is 212 g/mol. The molecule has 3 rings (SSSR count). The zero-order valence-electron chi connectivity index (χ0n) is 9.32. The van der Waals surface area contributed by atoms with Crippen molar-refractivity contribution in [2.75, 3.05) is 6.54 Å². The van der Waals surface area contributed by atoms with Crippen molar-refractivity contribution < 1.29 is 0 Å². The zero-order valence-corrected chi connectivity index (χ0v) is 9.32. The summed E-state index contributed by atoms with van der Waals surface area (Å²) in [7, 11) is 0. The second kappa shape index (κ2) is 4.22. The summed E-state index contributed by atoms with van der Waals surface area (Å²) in [5, 5.41) is 6.14. The summed E-state index contributed by atoms with van der Waals surface area (Å²) in [6.07, 6.45) is 7.67. The van der Waals surface area contributed by atoms with Crippen LogP contribution >= 0.6 is 0 Å². The topological polar surface area (TPSA) is 24.9 Å². The molecule has 2 heteroatoms. The molecule has 2 heterocycles. The quantitative estimate of drug-likeness (QED) is 0.827. The lowest BCUT2D eigenvalue weighted by atomic mass is 10.0. The molecule has 0 aliphatic carbocycles. The Labute approximate surface area is 95.7 Å². The largest absolute Gasteiger partial charge is 0.314 e. The molecular weight excluding hydrogens is 196 g/mol. The fourth-order valence-electron chi connectivity index (χ4n) is 2.54. The Morgan fingerprint density at radius 1 is 1.25 bits per heavy atom. The van der Waals surface area contributed by atoms with Crippen LogP contribution in [-0.2, 0) is 6.42 Å². The van der Waals surface area contributed by atoms with Crippen LogP contribution in [0.3, 0.4) is 0 Å². The Kier molecular flexibility index (Phi) is 2.58. The monoisotopic (exact) mass is 212 g/mol. The highest BCUT2D eigenvalue weighted by molar-refractivity contribution is 5.84. The Hall–Kier alpha value is -1.41. The number of hydrogen-bond acceptors (Lipinski definition) is 2. The first kappa shape index (κ1) is 9.79. The minimum atomic E-state index is 0.646. The summed E-state index contributed by atoms with van der Waals surface area (Å²) >= 11 is 0. The molecule has 0 spiro atoms. The zero-order chi connectivity index (χ0) is 10.8. The fraction of sp³-hybridized carbons (Fsp3) is 0.357. The molecule has 1 aromatic heterocycles. The van der Waals surface area contributed by atoms with E-state index < -0.39 is 0 Å². The van der Waals surface area contributed by atoms with Gasteiger partial charge < -0.3 is 5.32 Å². The molecule has 82 valence electrons. The van der Waals surface area contributed by atoms with E-state index in [1.807, 2.05) is 12.4 Å². The average Bonchev–Trinajstić information content (AvgIpc) is 2.82. The summed E-state index contributed by atoms with van der Waals surface area (Å²) < 4.78 is 0. The molecule has 0 saturated carbocycles. The van der Waals surface area contributed by atoms with Gasteiger partial charge in [0.2, 0.25) is 0 Å². The van der Waals surface area contributed by atoms with Gasteiger partial charge in [0.1, 0.15) is 0 Å². The first-order valence-corrected chi connectivity index (χ1v) is 5.98. The van der Waals surface area contributed by atoms with Gasteiger partial charge in [-0.15, -0.1) is 0 Å². The van der Waals surface area contributed by atoms with Gasteiger partial charge in [0.15, 0.2) is 0 Å². The lowest BCUT2D eigenvalue weighted by Crippen LogP contribution is -2.23. The molecule has 1 aliphatic heterocycles. The molecule has 2 nitrogen and oxygen atoms in total. The molecule has 1 aromatic carbocycles. The molecule has 0 amide bonds. The van der Waals surface area contributed by atoms with Crippen molar-refractivity contribution in [2.24, 2.45) is 0 Å². The van der Waals surface area contributed by atoms with Crippen LogP contribution in [0.5, 0.6) is 0 Å². The molecule has 1 N–H and O–H groups in total. The molecular formula is C14H16N2. The van der Waals surface area contributed by atoms with Crippen LogP contribution < -0.4 is 5.32 Å². The molecule has 0 bridgehead atoms. The van der Waals surface area contributed by atoms with Crippen molar-refractivity contribution in [3.63, 3.8) is 0 Å². The summed E-state index contributed by atoms with van der Waals surface area (Å²) in [5.74, 6) is 0. The third-order valence-electron chi connectivity index (χ3n) is 3.38. The van der Waals surface area contributed by atoms with Gasteiger partial charge in [0.05, 0.1) is 0 Å². The Balaban J connectivity index is 1.96. The smallest absolute Gasteiger partial charge is 0.0346 e. The van der Waals surface area contributed by atoms with Gasteiger partial charge in [-0.3, -0.25) is 4.98 Å². The maximum absolute atomic E-state index is 4.33. The van der Waals surface area contributed by atoms with E-state index in [4.69, 9.17) is 0 Å². The van der Waals surface area contributed by atoms with Gasteiger partial charge in [-0.1, -0.05) is 24.3 Å². The van der Waals surface area contributed by atoms with Crippen LogP contribution in [-0.4, -0.2) is 17.6 Å².